The molecule has 4 N–H and O–H groups in total. The van der Waals surface area contributed by atoms with Crippen LogP contribution in [0.25, 0.3) is 0 Å². The van der Waals surface area contributed by atoms with Crippen molar-refractivity contribution in [3.05, 3.63) is 60.2 Å². The Kier molecular flexibility index (Phi) is 12.4. The van der Waals surface area contributed by atoms with Gasteiger partial charge in [0.1, 0.15) is 23.9 Å². The number of ether oxygens (including phenoxy) is 1. The minimum Gasteiger partial charge on any atom is -0.497 e. The van der Waals surface area contributed by atoms with Crippen LogP contribution >= 0.6 is 11.8 Å². The van der Waals surface area contributed by atoms with Crippen molar-refractivity contribution < 1.29 is 33.8 Å². The van der Waals surface area contributed by atoms with Crippen LogP contribution in [0.2, 0.25) is 0 Å². The van der Waals surface area contributed by atoms with Gasteiger partial charge >= 0.3 is 0 Å². The summed E-state index contributed by atoms with van der Waals surface area (Å²) in [5, 5.41) is 18.9. The molecule has 0 spiro atoms. The number of nitrogens with one attached hydrogen (secondary N) is 3. The summed E-state index contributed by atoms with van der Waals surface area (Å²) in [7, 11) is 1.56. The van der Waals surface area contributed by atoms with Crippen molar-refractivity contribution in [1.82, 2.24) is 25.8 Å². The lowest BCUT2D eigenvalue weighted by atomic mass is 9.97. The summed E-state index contributed by atoms with van der Waals surface area (Å²) >= 11 is 1.29. The number of hydrogen-bond donors (Lipinski definition) is 4. The van der Waals surface area contributed by atoms with E-state index in [1.165, 1.54) is 21.6 Å². The van der Waals surface area contributed by atoms with Gasteiger partial charge in [-0.1, -0.05) is 56.7 Å². The van der Waals surface area contributed by atoms with E-state index in [4.69, 9.17) is 4.74 Å². The van der Waals surface area contributed by atoms with Gasteiger partial charge in [0.05, 0.1) is 25.5 Å². The van der Waals surface area contributed by atoms with Gasteiger partial charge in [-0.2, -0.15) is 0 Å². The first-order chi connectivity index (χ1) is 22.1. The van der Waals surface area contributed by atoms with E-state index < -0.39 is 47.9 Å². The maximum absolute atomic E-state index is 13.9. The fourth-order valence-electron chi connectivity index (χ4n) is 5.54. The zero-order chi connectivity index (χ0) is 33.2. The molecule has 2 saturated heterocycles. The molecule has 0 aromatic heterocycles. The molecule has 46 heavy (non-hydrogen) atoms. The molecule has 5 atom stereocenters. The van der Waals surface area contributed by atoms with Gasteiger partial charge in [0.25, 0.3) is 0 Å². The second-order valence-electron chi connectivity index (χ2n) is 11.7. The molecule has 2 aromatic rings. The van der Waals surface area contributed by atoms with Crippen LogP contribution in [0.3, 0.4) is 0 Å². The summed E-state index contributed by atoms with van der Waals surface area (Å²) in [5.41, 5.74) is 0.818. The standard InChI is InChI=1S/C33H43N5O7S/c1-4-21(2)30-33(44)38-18-23(39)16-27(38)32(43)35-26(15-22-9-6-5-7-10-22)31(42)34-13-14-37(19-28(40)36-30)29(41)20-46-25-12-8-11-24(17-25)45-3/h5-12,17,21,23,26-27,30,39H,4,13-16,18-20H2,1-3H3,(H,34,42)(H,35,43)(H,36,40)/t21-,23+,26-,27-,30-/m0/s1. The lowest BCUT2D eigenvalue weighted by Gasteiger charge is -2.32. The van der Waals surface area contributed by atoms with Crippen molar-refractivity contribution in [3.8, 4) is 5.75 Å². The third-order valence-corrected chi connectivity index (χ3v) is 9.33. The second-order valence-corrected chi connectivity index (χ2v) is 12.7. The predicted molar refractivity (Wildman–Crippen MR) is 173 cm³/mol. The fourth-order valence-corrected chi connectivity index (χ4v) is 6.39. The second kappa shape index (κ2) is 16.5. The number of benzene rings is 2. The maximum Gasteiger partial charge on any atom is 0.246 e. The summed E-state index contributed by atoms with van der Waals surface area (Å²) in [5.74, 6) is -2.01. The van der Waals surface area contributed by atoms with Gasteiger partial charge in [0, 0.05) is 37.4 Å². The van der Waals surface area contributed by atoms with Crippen LogP contribution in [-0.4, -0.2) is 108 Å². The lowest BCUT2D eigenvalue weighted by molar-refractivity contribution is -0.143. The molecule has 5 amide bonds. The van der Waals surface area contributed by atoms with Crippen LogP contribution in [0.15, 0.2) is 59.5 Å². The maximum atomic E-state index is 13.9. The third kappa shape index (κ3) is 9.23. The van der Waals surface area contributed by atoms with Gasteiger partial charge in [0.15, 0.2) is 0 Å². The first-order valence-corrected chi connectivity index (χ1v) is 16.5. The zero-order valence-corrected chi connectivity index (χ0v) is 27.3. The minimum atomic E-state index is -1.02. The fraction of sp³-hybridized carbons (Fsp3) is 0.485. The Morgan fingerprint density at radius 2 is 1.83 bits per heavy atom. The van der Waals surface area contributed by atoms with Crippen molar-refractivity contribution in [1.29, 1.82) is 0 Å². The van der Waals surface area contributed by atoms with Gasteiger partial charge in [0.2, 0.25) is 29.5 Å². The Morgan fingerprint density at radius 1 is 1.07 bits per heavy atom. The number of fused-ring (bicyclic) bond motifs is 1. The number of amides is 5. The molecule has 2 heterocycles. The topological polar surface area (TPSA) is 157 Å². The summed E-state index contributed by atoms with van der Waals surface area (Å²) in [6, 6.07) is 13.5. The highest BCUT2D eigenvalue weighted by atomic mass is 32.2. The number of nitrogens with zero attached hydrogens (tertiary/aromatic N) is 2. The first kappa shape index (κ1) is 34.8. The van der Waals surface area contributed by atoms with Gasteiger partial charge in [-0.3, -0.25) is 24.0 Å². The third-order valence-electron chi connectivity index (χ3n) is 8.35. The molecule has 13 heteroatoms. The van der Waals surface area contributed by atoms with Gasteiger partial charge in [-0.15, -0.1) is 11.8 Å². The Morgan fingerprint density at radius 3 is 2.54 bits per heavy atom. The number of rotatable bonds is 8. The largest absolute Gasteiger partial charge is 0.497 e. The van der Waals surface area contributed by atoms with Crippen LogP contribution in [0, 0.1) is 5.92 Å². The molecule has 4 rings (SSSR count). The quantitative estimate of drug-likeness (QED) is 0.307. The van der Waals surface area contributed by atoms with E-state index in [9.17, 15) is 29.1 Å². The SMILES string of the molecule is CC[C@H](C)[C@@H]1NC(=O)CN(C(=O)CSc2cccc(OC)c2)CCNC(=O)[C@H](Cc2ccccc2)NC(=O)[C@@H]2C[C@@H](O)CN2C1=O. The Labute approximate surface area is 273 Å². The van der Waals surface area contributed by atoms with Crippen LogP contribution in [0.5, 0.6) is 5.75 Å². The predicted octanol–water partition coefficient (Wildman–Crippen LogP) is 0.966. The highest BCUT2D eigenvalue weighted by Crippen LogP contribution is 2.24. The van der Waals surface area contributed by atoms with Crippen molar-refractivity contribution in [2.24, 2.45) is 5.92 Å². The molecule has 2 aromatic carbocycles. The minimum absolute atomic E-state index is 0.00561. The molecule has 0 radical (unpaired) electrons. The number of hydrogen-bond acceptors (Lipinski definition) is 8. The molecule has 248 valence electrons. The van der Waals surface area contributed by atoms with Crippen LogP contribution in [-0.2, 0) is 30.4 Å². The van der Waals surface area contributed by atoms with Crippen molar-refractivity contribution in [2.45, 2.75) is 62.2 Å². The van der Waals surface area contributed by atoms with E-state index in [2.05, 4.69) is 16.0 Å². The van der Waals surface area contributed by atoms with E-state index in [1.807, 2.05) is 62.4 Å². The molecule has 0 aliphatic carbocycles. The van der Waals surface area contributed by atoms with E-state index in [-0.39, 0.29) is 56.6 Å². The molecular formula is C33H43N5O7S. The molecule has 0 unspecified atom stereocenters. The number of methoxy groups -OCH3 is 1. The highest BCUT2D eigenvalue weighted by Gasteiger charge is 2.43. The zero-order valence-electron chi connectivity index (χ0n) is 26.4. The monoisotopic (exact) mass is 653 g/mol. The lowest BCUT2D eigenvalue weighted by Crippen LogP contribution is -2.58. The summed E-state index contributed by atoms with van der Waals surface area (Å²) in [6.45, 7) is 3.37. The number of aliphatic hydroxyl groups excluding tert-OH is 1. The summed E-state index contributed by atoms with van der Waals surface area (Å²) < 4.78 is 5.27. The van der Waals surface area contributed by atoms with E-state index in [0.29, 0.717) is 12.2 Å². The number of carbonyl (C=O) groups excluding carboxylic acids is 5. The number of carbonyl (C=O) groups is 5. The summed E-state index contributed by atoms with van der Waals surface area (Å²) in [6.07, 6.45) is -0.187. The Bertz CT molecular complexity index is 1390. The first-order valence-electron chi connectivity index (χ1n) is 15.5. The average molecular weight is 654 g/mol. The smallest absolute Gasteiger partial charge is 0.246 e. The van der Waals surface area contributed by atoms with Gasteiger partial charge in [-0.05, 0) is 29.7 Å². The van der Waals surface area contributed by atoms with Crippen molar-refractivity contribution in [2.75, 3.05) is 39.0 Å². The van der Waals surface area contributed by atoms with Gasteiger partial charge < -0.3 is 35.6 Å². The van der Waals surface area contributed by atoms with E-state index >= 15 is 0 Å². The molecule has 2 aliphatic heterocycles. The molecular weight excluding hydrogens is 610 g/mol. The van der Waals surface area contributed by atoms with Crippen LogP contribution in [0.4, 0.5) is 0 Å². The molecule has 0 bridgehead atoms. The Hall–Kier alpha value is -4.10. The molecule has 12 nitrogen and oxygen atoms in total. The van der Waals surface area contributed by atoms with Gasteiger partial charge in [-0.25, -0.2) is 0 Å². The molecule has 0 saturated carbocycles. The van der Waals surface area contributed by atoms with Crippen molar-refractivity contribution >= 4 is 41.3 Å². The van der Waals surface area contributed by atoms with E-state index in [1.54, 1.807) is 13.2 Å². The number of aliphatic hydroxyl groups is 1. The number of thioether (sulfide) groups is 1. The molecule has 2 fully saturated rings. The highest BCUT2D eigenvalue weighted by molar-refractivity contribution is 8.00. The van der Waals surface area contributed by atoms with Crippen LogP contribution in [0.1, 0.15) is 32.3 Å². The molecule has 2 aliphatic rings. The summed E-state index contributed by atoms with van der Waals surface area (Å²) in [4.78, 5) is 71.3. The van der Waals surface area contributed by atoms with Crippen LogP contribution < -0.4 is 20.7 Å². The Balaban J connectivity index is 1.60. The van der Waals surface area contributed by atoms with Crippen molar-refractivity contribution in [3.63, 3.8) is 0 Å². The average Bonchev–Trinajstić information content (AvgIpc) is 3.46. The van der Waals surface area contributed by atoms with E-state index in [0.717, 1.165) is 10.5 Å². The normalized spacial score (nSPS) is 23.7.